The molecule has 0 amide bonds. The number of imidazole rings is 1. The fourth-order valence-electron chi connectivity index (χ4n) is 1.47. The van der Waals surface area contributed by atoms with Crippen LogP contribution in [0.2, 0.25) is 0 Å². The van der Waals surface area contributed by atoms with Gasteiger partial charge in [-0.25, -0.2) is 9.97 Å². The molecule has 2 rings (SSSR count). The van der Waals surface area contributed by atoms with Crippen LogP contribution in [0.25, 0.3) is 5.78 Å². The molecule has 0 fully saturated rings. The number of rotatable bonds is 3. The van der Waals surface area contributed by atoms with Gasteiger partial charge in [0, 0.05) is 18.6 Å². The minimum Gasteiger partial charge on any atom is -0.387 e. The van der Waals surface area contributed by atoms with E-state index in [1.165, 1.54) is 0 Å². The van der Waals surface area contributed by atoms with Gasteiger partial charge < -0.3 is 10.8 Å². The first-order valence-corrected chi connectivity index (χ1v) is 4.90. The molecule has 80 valence electrons. The normalized spacial score (nSPS) is 13.3. The number of aryl methyl sites for hydroxylation is 1. The van der Waals surface area contributed by atoms with Gasteiger partial charge in [-0.15, -0.1) is 0 Å². The van der Waals surface area contributed by atoms with Crippen molar-refractivity contribution in [2.75, 3.05) is 6.54 Å². The van der Waals surface area contributed by atoms with Crippen molar-refractivity contribution >= 4 is 5.78 Å². The van der Waals surface area contributed by atoms with Gasteiger partial charge in [-0.3, -0.25) is 4.40 Å². The Kier molecular flexibility index (Phi) is 2.66. The Bertz CT molecular complexity index is 465. The first-order valence-electron chi connectivity index (χ1n) is 4.90. The smallest absolute Gasteiger partial charge is 0.234 e. The highest BCUT2D eigenvalue weighted by Gasteiger charge is 2.11. The summed E-state index contributed by atoms with van der Waals surface area (Å²) < 4.78 is 1.81. The summed E-state index contributed by atoms with van der Waals surface area (Å²) in [5, 5.41) is 9.71. The first kappa shape index (κ1) is 10.1. The van der Waals surface area contributed by atoms with Gasteiger partial charge in [-0.1, -0.05) is 0 Å². The highest BCUT2D eigenvalue weighted by atomic mass is 16.3. The molecular weight excluding hydrogens is 192 g/mol. The molecule has 2 heterocycles. The van der Waals surface area contributed by atoms with Crippen LogP contribution in [0, 0.1) is 6.92 Å². The summed E-state index contributed by atoms with van der Waals surface area (Å²) in [6.45, 7) is 2.41. The average Bonchev–Trinajstić information content (AvgIpc) is 2.60. The van der Waals surface area contributed by atoms with Crippen LogP contribution in [0.3, 0.4) is 0 Å². The van der Waals surface area contributed by atoms with Crippen molar-refractivity contribution in [1.82, 2.24) is 14.4 Å². The lowest BCUT2D eigenvalue weighted by Gasteiger charge is -2.03. The predicted molar refractivity (Wildman–Crippen MR) is 56.4 cm³/mol. The summed E-state index contributed by atoms with van der Waals surface area (Å²) in [4.78, 5) is 8.37. The van der Waals surface area contributed by atoms with Gasteiger partial charge in [0.25, 0.3) is 0 Å². The third-order valence-corrected chi connectivity index (χ3v) is 2.24. The Morgan fingerprint density at radius 2 is 2.33 bits per heavy atom. The molecule has 3 N–H and O–H groups in total. The zero-order valence-electron chi connectivity index (χ0n) is 8.59. The molecule has 2 aromatic rings. The maximum Gasteiger partial charge on any atom is 0.234 e. The molecule has 0 aliphatic rings. The molecule has 0 aliphatic heterocycles. The number of aliphatic hydroxyl groups excluding tert-OH is 1. The molecule has 2 aromatic heterocycles. The fourth-order valence-corrected chi connectivity index (χ4v) is 1.47. The number of hydrogen-bond donors (Lipinski definition) is 2. The highest BCUT2D eigenvalue weighted by Crippen LogP contribution is 2.15. The van der Waals surface area contributed by atoms with Crippen LogP contribution in [0.15, 0.2) is 18.6 Å². The van der Waals surface area contributed by atoms with Crippen LogP contribution in [0.5, 0.6) is 0 Å². The van der Waals surface area contributed by atoms with Crippen LogP contribution in [0.1, 0.15) is 23.8 Å². The topological polar surface area (TPSA) is 76.4 Å². The molecule has 0 saturated heterocycles. The molecule has 0 bridgehead atoms. The van der Waals surface area contributed by atoms with Crippen LogP contribution < -0.4 is 5.73 Å². The van der Waals surface area contributed by atoms with Gasteiger partial charge in [0.05, 0.1) is 11.8 Å². The molecule has 15 heavy (non-hydrogen) atoms. The van der Waals surface area contributed by atoms with Gasteiger partial charge in [0.15, 0.2) is 0 Å². The first-order chi connectivity index (χ1) is 7.20. The van der Waals surface area contributed by atoms with E-state index in [1.54, 1.807) is 12.4 Å². The van der Waals surface area contributed by atoms with Gasteiger partial charge >= 0.3 is 0 Å². The Hall–Kier alpha value is -1.46. The Labute approximate surface area is 87.6 Å². The summed E-state index contributed by atoms with van der Waals surface area (Å²) >= 11 is 0. The van der Waals surface area contributed by atoms with Crippen molar-refractivity contribution in [3.05, 3.63) is 29.8 Å². The summed E-state index contributed by atoms with van der Waals surface area (Å²) in [6, 6.07) is 0. The lowest BCUT2D eigenvalue weighted by atomic mass is 10.2. The molecule has 0 aliphatic carbocycles. The van der Waals surface area contributed by atoms with E-state index < -0.39 is 6.10 Å². The van der Waals surface area contributed by atoms with Crippen LogP contribution in [-0.4, -0.2) is 26.0 Å². The maximum absolute atomic E-state index is 9.71. The van der Waals surface area contributed by atoms with Crippen LogP contribution in [0.4, 0.5) is 0 Å². The van der Waals surface area contributed by atoms with Crippen molar-refractivity contribution in [2.45, 2.75) is 19.4 Å². The van der Waals surface area contributed by atoms with E-state index >= 15 is 0 Å². The molecule has 0 spiro atoms. The fraction of sp³-hybridized carbons (Fsp3) is 0.400. The van der Waals surface area contributed by atoms with Crippen molar-refractivity contribution in [3.8, 4) is 0 Å². The SMILES string of the molecule is Cc1cnc2nc(C(O)CCN)cn2c1. The average molecular weight is 206 g/mol. The Morgan fingerprint density at radius 1 is 1.53 bits per heavy atom. The van der Waals surface area contributed by atoms with E-state index in [9.17, 15) is 5.11 Å². The third-order valence-electron chi connectivity index (χ3n) is 2.24. The summed E-state index contributed by atoms with van der Waals surface area (Å²) in [7, 11) is 0. The number of aromatic nitrogens is 3. The summed E-state index contributed by atoms with van der Waals surface area (Å²) in [5.74, 6) is 0.603. The zero-order valence-corrected chi connectivity index (χ0v) is 8.59. The van der Waals surface area contributed by atoms with Gasteiger partial charge in [-0.05, 0) is 25.5 Å². The molecule has 0 saturated carbocycles. The van der Waals surface area contributed by atoms with Crippen molar-refractivity contribution in [2.24, 2.45) is 5.73 Å². The monoisotopic (exact) mass is 206 g/mol. The summed E-state index contributed by atoms with van der Waals surface area (Å²) in [5.41, 5.74) is 7.05. The minimum atomic E-state index is -0.600. The van der Waals surface area contributed by atoms with Gasteiger partial charge in [0.2, 0.25) is 5.78 Å². The molecule has 5 nitrogen and oxygen atoms in total. The number of aliphatic hydroxyl groups is 1. The molecule has 0 radical (unpaired) electrons. The second-order valence-corrected chi connectivity index (χ2v) is 3.60. The second-order valence-electron chi connectivity index (χ2n) is 3.60. The van der Waals surface area contributed by atoms with E-state index in [2.05, 4.69) is 9.97 Å². The van der Waals surface area contributed by atoms with Gasteiger partial charge in [0.1, 0.15) is 0 Å². The number of fused-ring (bicyclic) bond motifs is 1. The van der Waals surface area contributed by atoms with Crippen molar-refractivity contribution in [1.29, 1.82) is 0 Å². The van der Waals surface area contributed by atoms with Crippen molar-refractivity contribution < 1.29 is 5.11 Å². The largest absolute Gasteiger partial charge is 0.387 e. The van der Waals surface area contributed by atoms with E-state index in [0.717, 1.165) is 5.56 Å². The number of hydrogen-bond acceptors (Lipinski definition) is 4. The number of nitrogens with two attached hydrogens (primary N) is 1. The maximum atomic E-state index is 9.71. The molecule has 5 heteroatoms. The quantitative estimate of drug-likeness (QED) is 0.763. The van der Waals surface area contributed by atoms with Crippen LogP contribution in [-0.2, 0) is 0 Å². The number of nitrogens with zero attached hydrogens (tertiary/aromatic N) is 3. The summed E-state index contributed by atoms with van der Waals surface area (Å²) in [6.07, 6.45) is 5.38. The lowest BCUT2D eigenvalue weighted by Crippen LogP contribution is -2.06. The van der Waals surface area contributed by atoms with Crippen molar-refractivity contribution in [3.63, 3.8) is 0 Å². The highest BCUT2D eigenvalue weighted by molar-refractivity contribution is 5.32. The Balaban J connectivity index is 2.38. The minimum absolute atomic E-state index is 0.446. The zero-order chi connectivity index (χ0) is 10.8. The lowest BCUT2D eigenvalue weighted by molar-refractivity contribution is 0.166. The van der Waals surface area contributed by atoms with E-state index in [0.29, 0.717) is 24.4 Å². The van der Waals surface area contributed by atoms with E-state index in [4.69, 9.17) is 5.73 Å². The molecule has 0 aromatic carbocycles. The van der Waals surface area contributed by atoms with Gasteiger partial charge in [-0.2, -0.15) is 0 Å². The standard InChI is InChI=1S/C10H14N4O/c1-7-4-12-10-13-8(6-14(10)5-7)9(15)2-3-11/h4-6,9,15H,2-3,11H2,1H3. The third kappa shape index (κ3) is 1.98. The second kappa shape index (κ2) is 3.96. The van der Waals surface area contributed by atoms with Crippen LogP contribution >= 0.6 is 0 Å². The molecule has 1 atom stereocenters. The van der Waals surface area contributed by atoms with E-state index in [1.807, 2.05) is 17.5 Å². The Morgan fingerprint density at radius 3 is 3.07 bits per heavy atom. The van der Waals surface area contributed by atoms with E-state index in [-0.39, 0.29) is 0 Å². The molecular formula is C10H14N4O. The molecule has 1 unspecified atom stereocenters. The predicted octanol–water partition coefficient (Wildman–Crippen LogP) is 0.420.